The average molecular weight is 455 g/mol. The van der Waals surface area contributed by atoms with Gasteiger partial charge in [-0.2, -0.15) is 0 Å². The zero-order valence-electron chi connectivity index (χ0n) is 19.4. The van der Waals surface area contributed by atoms with Crippen LogP contribution in [0.4, 0.5) is 4.39 Å². The van der Waals surface area contributed by atoms with Gasteiger partial charge in [0.15, 0.2) is 0 Å². The number of carbonyl (C=O) groups is 2. The van der Waals surface area contributed by atoms with Gasteiger partial charge in [-0.15, -0.1) is 0 Å². The Morgan fingerprint density at radius 3 is 2.48 bits per heavy atom. The highest BCUT2D eigenvalue weighted by atomic mass is 19.1. The summed E-state index contributed by atoms with van der Waals surface area (Å²) < 4.78 is 20.7. The topological polar surface area (TPSA) is 80.6 Å². The van der Waals surface area contributed by atoms with Crippen LogP contribution in [0, 0.1) is 23.6 Å². The number of nitrogens with one attached hydrogen (secondary N) is 1. The minimum atomic E-state index is -0.553. The van der Waals surface area contributed by atoms with Crippen LogP contribution in [-0.4, -0.2) is 40.1 Å². The normalized spacial score (nSPS) is 29.8. The molecule has 0 radical (unpaired) electrons. The second kappa shape index (κ2) is 7.97. The van der Waals surface area contributed by atoms with Gasteiger partial charge in [-0.25, -0.2) is 4.39 Å². The molecular formula is C26H31FN2O4. The predicted octanol–water partition coefficient (Wildman–Crippen LogP) is 3.64. The van der Waals surface area contributed by atoms with E-state index < -0.39 is 11.4 Å². The van der Waals surface area contributed by atoms with Crippen molar-refractivity contribution in [3.8, 4) is 5.75 Å². The number of halogens is 1. The van der Waals surface area contributed by atoms with E-state index in [0.717, 1.165) is 37.7 Å². The molecule has 0 spiro atoms. The van der Waals surface area contributed by atoms with Crippen molar-refractivity contribution in [2.45, 2.75) is 57.1 Å². The zero-order chi connectivity index (χ0) is 23.5. The summed E-state index contributed by atoms with van der Waals surface area (Å²) in [4.78, 5) is 26.7. The highest BCUT2D eigenvalue weighted by Crippen LogP contribution is 2.55. The van der Waals surface area contributed by atoms with E-state index in [4.69, 9.17) is 4.74 Å². The Labute approximate surface area is 193 Å². The summed E-state index contributed by atoms with van der Waals surface area (Å²) in [5.41, 5.74) is 1.21. The number of hydrogen-bond donors (Lipinski definition) is 2. The number of carbonyl (C=O) groups excluding carboxylic acids is 2. The van der Waals surface area contributed by atoms with E-state index in [1.165, 1.54) is 25.3 Å². The number of nitrogens with zero attached hydrogens (tertiary/aromatic N) is 1. The van der Waals surface area contributed by atoms with Gasteiger partial charge in [-0.1, -0.05) is 6.92 Å². The summed E-state index contributed by atoms with van der Waals surface area (Å²) >= 11 is 0. The third kappa shape index (κ3) is 3.76. The van der Waals surface area contributed by atoms with E-state index in [-0.39, 0.29) is 29.0 Å². The molecule has 4 aliphatic rings. The number of rotatable bonds is 6. The lowest BCUT2D eigenvalue weighted by Gasteiger charge is -2.58. The molecule has 6 nitrogen and oxygen atoms in total. The van der Waals surface area contributed by atoms with Crippen LogP contribution in [0.2, 0.25) is 0 Å². The summed E-state index contributed by atoms with van der Waals surface area (Å²) in [6, 6.07) is 5.69. The molecular weight excluding hydrogens is 423 g/mol. The van der Waals surface area contributed by atoms with Gasteiger partial charge in [0.1, 0.15) is 17.3 Å². The molecule has 2 unspecified atom stereocenters. The van der Waals surface area contributed by atoms with E-state index in [9.17, 15) is 19.1 Å². The van der Waals surface area contributed by atoms with Gasteiger partial charge in [0.2, 0.25) is 5.78 Å². The minimum Gasteiger partial charge on any atom is -0.497 e. The molecule has 1 aromatic carbocycles. The van der Waals surface area contributed by atoms with Crippen LogP contribution in [0.25, 0.3) is 0 Å². The standard InChI is InChI=1S/C26H31FN2O4/c1-4-15-9-21(24(30)16-7-19(27)10-20(8-16)33-3)29(2)23(15)25(31)28-22-17-5-14-6-18(22)13-26(32,11-14)12-17/h7-10,14,17-18,22,32H,4-6,11-13H2,1-3H3,(H,28,31). The second-order valence-electron chi connectivity index (χ2n) is 10.2. The van der Waals surface area contributed by atoms with Crippen molar-refractivity contribution in [1.29, 1.82) is 0 Å². The van der Waals surface area contributed by atoms with Crippen molar-refractivity contribution >= 4 is 11.7 Å². The first-order chi connectivity index (χ1) is 15.7. The third-order valence-electron chi connectivity index (χ3n) is 8.05. The van der Waals surface area contributed by atoms with E-state index in [2.05, 4.69) is 5.32 Å². The van der Waals surface area contributed by atoms with Crippen molar-refractivity contribution < 1.29 is 23.8 Å². The maximum Gasteiger partial charge on any atom is 0.268 e. The van der Waals surface area contributed by atoms with Gasteiger partial charge >= 0.3 is 0 Å². The fourth-order valence-electron chi connectivity index (χ4n) is 6.85. The number of hydrogen-bond acceptors (Lipinski definition) is 4. The third-order valence-corrected chi connectivity index (χ3v) is 8.05. The molecule has 4 fully saturated rings. The van der Waals surface area contributed by atoms with Crippen LogP contribution < -0.4 is 10.1 Å². The molecule has 176 valence electrons. The Hall–Kier alpha value is -2.67. The fraction of sp³-hybridized carbons (Fsp3) is 0.538. The zero-order valence-corrected chi connectivity index (χ0v) is 19.4. The second-order valence-corrected chi connectivity index (χ2v) is 10.2. The molecule has 4 aliphatic carbocycles. The molecule has 1 aromatic heterocycles. The van der Waals surface area contributed by atoms with Crippen LogP contribution in [0.3, 0.4) is 0 Å². The van der Waals surface area contributed by atoms with E-state index in [1.54, 1.807) is 17.7 Å². The monoisotopic (exact) mass is 454 g/mol. The molecule has 4 saturated carbocycles. The van der Waals surface area contributed by atoms with Crippen LogP contribution in [0.5, 0.6) is 5.75 Å². The number of methoxy groups -OCH3 is 1. The van der Waals surface area contributed by atoms with Gasteiger partial charge in [0.25, 0.3) is 5.91 Å². The number of aromatic nitrogens is 1. The lowest BCUT2D eigenvalue weighted by Crippen LogP contribution is -2.61. The SMILES string of the molecule is CCc1cc(C(=O)c2cc(F)cc(OC)c2)n(C)c1C(=O)NC1C2CC3CC1CC(O)(C3)C2. The minimum absolute atomic E-state index is 0.0561. The van der Waals surface area contributed by atoms with Gasteiger partial charge in [-0.05, 0) is 80.0 Å². The summed E-state index contributed by atoms with van der Waals surface area (Å²) in [6.07, 6.45) is 5.11. The van der Waals surface area contributed by atoms with Crippen molar-refractivity contribution in [2.75, 3.05) is 7.11 Å². The Morgan fingerprint density at radius 1 is 1.18 bits per heavy atom. The predicted molar refractivity (Wildman–Crippen MR) is 121 cm³/mol. The Balaban J connectivity index is 1.42. The van der Waals surface area contributed by atoms with E-state index >= 15 is 0 Å². The summed E-state index contributed by atoms with van der Waals surface area (Å²) in [5, 5.41) is 14.1. The molecule has 4 bridgehead atoms. The number of ether oxygens (including phenoxy) is 1. The lowest BCUT2D eigenvalue weighted by atomic mass is 9.52. The first-order valence-electron chi connectivity index (χ1n) is 11.8. The van der Waals surface area contributed by atoms with Crippen LogP contribution >= 0.6 is 0 Å². The smallest absolute Gasteiger partial charge is 0.268 e. The molecule has 2 atom stereocenters. The van der Waals surface area contributed by atoms with E-state index in [1.807, 2.05) is 6.92 Å². The fourth-order valence-corrected chi connectivity index (χ4v) is 6.85. The van der Waals surface area contributed by atoms with Crippen molar-refractivity contribution in [2.24, 2.45) is 24.8 Å². The molecule has 2 N–H and O–H groups in total. The lowest BCUT2D eigenvalue weighted by molar-refractivity contribution is -0.137. The van der Waals surface area contributed by atoms with Crippen molar-refractivity contribution in [3.63, 3.8) is 0 Å². The van der Waals surface area contributed by atoms with Crippen molar-refractivity contribution in [1.82, 2.24) is 9.88 Å². The number of ketones is 1. The molecule has 1 heterocycles. The van der Waals surface area contributed by atoms with Crippen LogP contribution in [-0.2, 0) is 13.5 Å². The van der Waals surface area contributed by atoms with Gasteiger partial charge < -0.3 is 19.7 Å². The molecule has 0 saturated heterocycles. The quantitative estimate of drug-likeness (QED) is 0.653. The number of amides is 1. The summed E-state index contributed by atoms with van der Waals surface area (Å²) in [5.74, 6) is 0.340. The molecule has 7 heteroatoms. The highest BCUT2D eigenvalue weighted by molar-refractivity contribution is 6.09. The number of aryl methyl sites for hydroxylation is 1. The Bertz CT molecular complexity index is 1110. The maximum atomic E-state index is 14.0. The van der Waals surface area contributed by atoms with Crippen molar-refractivity contribution in [3.05, 3.63) is 52.6 Å². The molecule has 1 amide bonds. The van der Waals surface area contributed by atoms with Gasteiger partial charge in [0, 0.05) is 24.7 Å². The first kappa shape index (κ1) is 22.1. The molecule has 33 heavy (non-hydrogen) atoms. The maximum absolute atomic E-state index is 14.0. The Morgan fingerprint density at radius 2 is 1.88 bits per heavy atom. The molecule has 2 aromatic rings. The number of benzene rings is 1. The van der Waals surface area contributed by atoms with Gasteiger partial charge in [-0.3, -0.25) is 9.59 Å². The summed E-state index contributed by atoms with van der Waals surface area (Å²) in [7, 11) is 3.13. The molecule has 0 aliphatic heterocycles. The molecule has 6 rings (SSSR count). The Kier molecular flexibility index (Phi) is 5.35. The highest BCUT2D eigenvalue weighted by Gasteiger charge is 2.55. The average Bonchev–Trinajstić information content (AvgIpc) is 3.10. The summed E-state index contributed by atoms with van der Waals surface area (Å²) in [6.45, 7) is 1.95. The number of aliphatic hydroxyl groups is 1. The van der Waals surface area contributed by atoms with Crippen LogP contribution in [0.1, 0.15) is 71.1 Å². The first-order valence-corrected chi connectivity index (χ1v) is 11.8. The largest absolute Gasteiger partial charge is 0.497 e. The van der Waals surface area contributed by atoms with Gasteiger partial charge in [0.05, 0.1) is 18.4 Å². The van der Waals surface area contributed by atoms with E-state index in [0.29, 0.717) is 35.6 Å². The van der Waals surface area contributed by atoms with Crippen LogP contribution in [0.15, 0.2) is 24.3 Å².